The summed E-state index contributed by atoms with van der Waals surface area (Å²) >= 11 is 0. The molecule has 2 rings (SSSR count). The zero-order chi connectivity index (χ0) is 18.2. The lowest BCUT2D eigenvalue weighted by molar-refractivity contribution is 0.00132. The van der Waals surface area contributed by atoms with Crippen LogP contribution in [0.15, 0.2) is 24.3 Å². The van der Waals surface area contributed by atoms with Gasteiger partial charge in [-0.05, 0) is 43.9 Å². The van der Waals surface area contributed by atoms with E-state index in [1.807, 2.05) is 25.1 Å². The van der Waals surface area contributed by atoms with E-state index in [1.165, 1.54) is 0 Å². The largest absolute Gasteiger partial charge is 0.376 e. The number of nitrogens with zero attached hydrogens (tertiary/aromatic N) is 2. The molecule has 0 radical (unpaired) electrons. The summed E-state index contributed by atoms with van der Waals surface area (Å²) in [6, 6.07) is 7.26. The van der Waals surface area contributed by atoms with Crippen molar-refractivity contribution in [1.82, 2.24) is 15.1 Å². The second-order valence-corrected chi connectivity index (χ2v) is 6.59. The van der Waals surface area contributed by atoms with Crippen molar-refractivity contribution in [3.63, 3.8) is 0 Å². The van der Waals surface area contributed by atoms with Crippen molar-refractivity contribution in [3.05, 3.63) is 35.4 Å². The zero-order valence-corrected chi connectivity index (χ0v) is 15.5. The van der Waals surface area contributed by atoms with E-state index in [9.17, 15) is 9.59 Å². The fourth-order valence-corrected chi connectivity index (χ4v) is 2.91. The van der Waals surface area contributed by atoms with E-state index in [0.29, 0.717) is 25.2 Å². The quantitative estimate of drug-likeness (QED) is 0.860. The molecule has 3 amide bonds. The molecule has 25 heavy (non-hydrogen) atoms. The molecular weight excluding hydrogens is 318 g/mol. The summed E-state index contributed by atoms with van der Waals surface area (Å²) in [6.07, 6.45) is 3.42. The summed E-state index contributed by atoms with van der Waals surface area (Å²) in [6.45, 7) is 4.43. The third-order valence-corrected chi connectivity index (χ3v) is 4.39. The van der Waals surface area contributed by atoms with Crippen molar-refractivity contribution >= 4 is 11.9 Å². The second kappa shape index (κ2) is 9.42. The van der Waals surface area contributed by atoms with Crippen molar-refractivity contribution in [3.8, 4) is 0 Å². The Morgan fingerprint density at radius 1 is 1.28 bits per heavy atom. The SMILES string of the molecule is CCN(C[C@@H]1CCCCO1)C(=O)NCc1cccc(C(=O)N(C)C)c1. The molecule has 6 nitrogen and oxygen atoms in total. The van der Waals surface area contributed by atoms with E-state index >= 15 is 0 Å². The van der Waals surface area contributed by atoms with Gasteiger partial charge in [-0.2, -0.15) is 0 Å². The van der Waals surface area contributed by atoms with E-state index in [2.05, 4.69) is 5.32 Å². The molecule has 1 fully saturated rings. The first-order valence-electron chi connectivity index (χ1n) is 8.96. The van der Waals surface area contributed by atoms with Crippen molar-refractivity contribution in [1.29, 1.82) is 0 Å². The highest BCUT2D eigenvalue weighted by Crippen LogP contribution is 2.14. The van der Waals surface area contributed by atoms with Gasteiger partial charge in [0.15, 0.2) is 0 Å². The van der Waals surface area contributed by atoms with Gasteiger partial charge in [-0.1, -0.05) is 12.1 Å². The monoisotopic (exact) mass is 347 g/mol. The number of rotatable bonds is 6. The van der Waals surface area contributed by atoms with Crippen molar-refractivity contribution in [2.45, 2.75) is 38.8 Å². The highest BCUT2D eigenvalue weighted by atomic mass is 16.5. The molecule has 0 aliphatic carbocycles. The third-order valence-electron chi connectivity index (χ3n) is 4.39. The first kappa shape index (κ1) is 19.2. The summed E-state index contributed by atoms with van der Waals surface area (Å²) in [7, 11) is 3.45. The fraction of sp³-hybridized carbons (Fsp3) is 0.579. The van der Waals surface area contributed by atoms with Crippen LogP contribution in [-0.4, -0.2) is 61.6 Å². The second-order valence-electron chi connectivity index (χ2n) is 6.59. The molecule has 6 heteroatoms. The number of nitrogens with one attached hydrogen (secondary N) is 1. The average molecular weight is 347 g/mol. The van der Waals surface area contributed by atoms with E-state index in [4.69, 9.17) is 4.74 Å². The molecule has 0 unspecified atom stereocenters. The topological polar surface area (TPSA) is 61.9 Å². The molecule has 0 aromatic heterocycles. The van der Waals surface area contributed by atoms with E-state index in [0.717, 1.165) is 31.4 Å². The Morgan fingerprint density at radius 2 is 2.08 bits per heavy atom. The van der Waals surface area contributed by atoms with Crippen LogP contribution in [0.4, 0.5) is 4.79 Å². The summed E-state index contributed by atoms with van der Waals surface area (Å²) in [5.74, 6) is -0.0437. The molecule has 1 saturated heterocycles. The van der Waals surface area contributed by atoms with Crippen LogP contribution < -0.4 is 5.32 Å². The third kappa shape index (κ3) is 5.74. The number of carbonyl (C=O) groups is 2. The molecule has 1 aromatic carbocycles. The number of hydrogen-bond donors (Lipinski definition) is 1. The lowest BCUT2D eigenvalue weighted by Gasteiger charge is -2.29. The van der Waals surface area contributed by atoms with Gasteiger partial charge in [0.05, 0.1) is 6.10 Å². The highest BCUT2D eigenvalue weighted by molar-refractivity contribution is 5.94. The number of hydrogen-bond acceptors (Lipinski definition) is 3. The predicted molar refractivity (Wildman–Crippen MR) is 97.5 cm³/mol. The maximum Gasteiger partial charge on any atom is 0.317 e. The Hall–Kier alpha value is -2.08. The Kier molecular flexibility index (Phi) is 7.25. The molecule has 1 heterocycles. The first-order chi connectivity index (χ1) is 12.0. The smallest absolute Gasteiger partial charge is 0.317 e. The summed E-state index contributed by atoms with van der Waals surface area (Å²) in [5.41, 5.74) is 1.53. The minimum Gasteiger partial charge on any atom is -0.376 e. The molecule has 0 saturated carbocycles. The molecule has 1 aliphatic rings. The van der Waals surface area contributed by atoms with Crippen molar-refractivity contribution in [2.24, 2.45) is 0 Å². The van der Waals surface area contributed by atoms with Gasteiger partial charge in [-0.15, -0.1) is 0 Å². The molecule has 1 atom stereocenters. The van der Waals surface area contributed by atoms with Gasteiger partial charge in [0.2, 0.25) is 0 Å². The van der Waals surface area contributed by atoms with Gasteiger partial charge in [-0.3, -0.25) is 4.79 Å². The van der Waals surface area contributed by atoms with Crippen LogP contribution in [0.1, 0.15) is 42.1 Å². The first-order valence-corrected chi connectivity index (χ1v) is 8.96. The van der Waals surface area contributed by atoms with Crippen LogP contribution in [0.2, 0.25) is 0 Å². The number of amides is 3. The zero-order valence-electron chi connectivity index (χ0n) is 15.5. The van der Waals surface area contributed by atoms with Crippen LogP contribution in [0.3, 0.4) is 0 Å². The van der Waals surface area contributed by atoms with Crippen LogP contribution >= 0.6 is 0 Å². The number of urea groups is 1. The lowest BCUT2D eigenvalue weighted by Crippen LogP contribution is -2.44. The standard InChI is InChI=1S/C19H29N3O3/c1-4-22(14-17-10-5-6-11-25-17)19(24)20-13-15-8-7-9-16(12-15)18(23)21(2)3/h7-9,12,17H,4-6,10-11,13-14H2,1-3H3,(H,20,24)/t17-/m0/s1. The molecular formula is C19H29N3O3. The molecule has 1 aromatic rings. The van der Waals surface area contributed by atoms with Gasteiger partial charge in [-0.25, -0.2) is 4.79 Å². The normalized spacial score (nSPS) is 17.0. The molecule has 1 aliphatic heterocycles. The van der Waals surface area contributed by atoms with Gasteiger partial charge in [0, 0.05) is 45.9 Å². The van der Waals surface area contributed by atoms with Crippen LogP contribution in [0, 0.1) is 0 Å². The molecule has 0 bridgehead atoms. The number of ether oxygens (including phenoxy) is 1. The Bertz CT molecular complexity index is 583. The Labute approximate surface area is 150 Å². The van der Waals surface area contributed by atoms with E-state index in [1.54, 1.807) is 30.0 Å². The minimum atomic E-state index is -0.0963. The van der Waals surface area contributed by atoms with E-state index in [-0.39, 0.29) is 18.0 Å². The summed E-state index contributed by atoms with van der Waals surface area (Å²) in [4.78, 5) is 27.8. The number of benzene rings is 1. The van der Waals surface area contributed by atoms with Crippen LogP contribution in [0.5, 0.6) is 0 Å². The average Bonchev–Trinajstić information content (AvgIpc) is 2.64. The van der Waals surface area contributed by atoms with Crippen LogP contribution in [-0.2, 0) is 11.3 Å². The van der Waals surface area contributed by atoms with Gasteiger partial charge >= 0.3 is 6.03 Å². The Balaban J connectivity index is 1.89. The maximum absolute atomic E-state index is 12.4. The van der Waals surface area contributed by atoms with Crippen LogP contribution in [0.25, 0.3) is 0 Å². The Morgan fingerprint density at radius 3 is 2.72 bits per heavy atom. The summed E-state index contributed by atoms with van der Waals surface area (Å²) < 4.78 is 5.72. The fourth-order valence-electron chi connectivity index (χ4n) is 2.91. The number of carbonyl (C=O) groups excluding carboxylic acids is 2. The van der Waals surface area contributed by atoms with Gasteiger partial charge < -0.3 is 19.9 Å². The van der Waals surface area contributed by atoms with Crippen molar-refractivity contribution in [2.75, 3.05) is 33.8 Å². The van der Waals surface area contributed by atoms with Gasteiger partial charge in [0.1, 0.15) is 0 Å². The van der Waals surface area contributed by atoms with E-state index < -0.39 is 0 Å². The highest BCUT2D eigenvalue weighted by Gasteiger charge is 2.20. The van der Waals surface area contributed by atoms with Gasteiger partial charge in [0.25, 0.3) is 5.91 Å². The predicted octanol–water partition coefficient (Wildman–Crippen LogP) is 2.49. The molecule has 138 valence electrons. The summed E-state index contributed by atoms with van der Waals surface area (Å²) in [5, 5.41) is 2.94. The molecule has 0 spiro atoms. The maximum atomic E-state index is 12.4. The molecule has 1 N–H and O–H groups in total. The van der Waals surface area contributed by atoms with Crippen molar-refractivity contribution < 1.29 is 14.3 Å². The number of likely N-dealkylation sites (N-methyl/N-ethyl adjacent to an activating group) is 1. The lowest BCUT2D eigenvalue weighted by atomic mass is 10.1. The minimum absolute atomic E-state index is 0.0437.